The van der Waals surface area contributed by atoms with Crippen molar-refractivity contribution < 1.29 is 23.2 Å². The molecule has 0 spiro atoms. The Morgan fingerprint density at radius 1 is 1.05 bits per heavy atom. The lowest BCUT2D eigenvalue weighted by molar-refractivity contribution is -0.128. The summed E-state index contributed by atoms with van der Waals surface area (Å²) < 4.78 is 27.1. The summed E-state index contributed by atoms with van der Waals surface area (Å²) in [5.74, 6) is -4.32. The zero-order chi connectivity index (χ0) is 16.2. The van der Waals surface area contributed by atoms with E-state index in [9.17, 15) is 23.2 Å². The van der Waals surface area contributed by atoms with Crippen molar-refractivity contribution in [2.45, 2.75) is 33.6 Å². The molecule has 0 saturated heterocycles. The Morgan fingerprint density at radius 3 is 2.00 bits per heavy atom. The highest BCUT2D eigenvalue weighted by Gasteiger charge is 2.26. The van der Waals surface area contributed by atoms with E-state index in [0.717, 1.165) is 18.2 Å². The van der Waals surface area contributed by atoms with Crippen LogP contribution in [0.25, 0.3) is 0 Å². The first-order chi connectivity index (χ1) is 9.73. The standard InChI is InChI=1S/C16H18F2O3/c1-9(2)14(20)7-11(10(3)19)8-15(21)16-12(17)5-4-6-13(16)18/h4-6,9,11H,7-8H2,1-3H3. The van der Waals surface area contributed by atoms with Crippen LogP contribution in [0.2, 0.25) is 0 Å². The molecule has 0 aliphatic carbocycles. The summed E-state index contributed by atoms with van der Waals surface area (Å²) in [4.78, 5) is 35.3. The summed E-state index contributed by atoms with van der Waals surface area (Å²) in [7, 11) is 0. The molecule has 5 heteroatoms. The molecule has 21 heavy (non-hydrogen) atoms. The van der Waals surface area contributed by atoms with Gasteiger partial charge in [-0.3, -0.25) is 14.4 Å². The van der Waals surface area contributed by atoms with Gasteiger partial charge in [0.15, 0.2) is 5.78 Å². The van der Waals surface area contributed by atoms with E-state index < -0.39 is 28.9 Å². The van der Waals surface area contributed by atoms with Crippen LogP contribution in [0.1, 0.15) is 44.0 Å². The molecule has 0 aliphatic heterocycles. The van der Waals surface area contributed by atoms with Gasteiger partial charge in [0.25, 0.3) is 0 Å². The van der Waals surface area contributed by atoms with Crippen LogP contribution >= 0.6 is 0 Å². The lowest BCUT2D eigenvalue weighted by Crippen LogP contribution is -2.22. The smallest absolute Gasteiger partial charge is 0.169 e. The van der Waals surface area contributed by atoms with E-state index in [-0.39, 0.29) is 30.3 Å². The summed E-state index contributed by atoms with van der Waals surface area (Å²) in [6.07, 6.45) is -0.458. The molecule has 1 aromatic rings. The van der Waals surface area contributed by atoms with Crippen LogP contribution in [0.4, 0.5) is 8.78 Å². The van der Waals surface area contributed by atoms with E-state index in [1.165, 1.54) is 6.92 Å². The van der Waals surface area contributed by atoms with Gasteiger partial charge < -0.3 is 0 Å². The third kappa shape index (κ3) is 4.55. The Bertz CT molecular complexity index is 544. The zero-order valence-electron chi connectivity index (χ0n) is 12.3. The van der Waals surface area contributed by atoms with Gasteiger partial charge in [-0.15, -0.1) is 0 Å². The number of carbonyl (C=O) groups is 3. The van der Waals surface area contributed by atoms with Crippen LogP contribution in [-0.2, 0) is 9.59 Å². The van der Waals surface area contributed by atoms with Crippen LogP contribution in [0.15, 0.2) is 18.2 Å². The Morgan fingerprint density at radius 2 is 1.57 bits per heavy atom. The highest BCUT2D eigenvalue weighted by atomic mass is 19.1. The van der Waals surface area contributed by atoms with E-state index in [4.69, 9.17) is 0 Å². The van der Waals surface area contributed by atoms with Gasteiger partial charge in [-0.2, -0.15) is 0 Å². The van der Waals surface area contributed by atoms with Crippen molar-refractivity contribution in [1.29, 1.82) is 0 Å². The monoisotopic (exact) mass is 296 g/mol. The van der Waals surface area contributed by atoms with Crippen molar-refractivity contribution in [2.24, 2.45) is 11.8 Å². The highest BCUT2D eigenvalue weighted by molar-refractivity contribution is 6.00. The van der Waals surface area contributed by atoms with Gasteiger partial charge >= 0.3 is 0 Å². The molecule has 0 amide bonds. The number of ketones is 3. The molecule has 0 fully saturated rings. The number of benzene rings is 1. The summed E-state index contributed by atoms with van der Waals surface area (Å²) in [6, 6.07) is 3.13. The van der Waals surface area contributed by atoms with E-state index in [1.807, 2.05) is 0 Å². The minimum Gasteiger partial charge on any atom is -0.300 e. The molecule has 0 aliphatic rings. The highest BCUT2D eigenvalue weighted by Crippen LogP contribution is 2.20. The molecular formula is C16H18F2O3. The topological polar surface area (TPSA) is 51.2 Å². The predicted octanol–water partition coefficient (Wildman–Crippen LogP) is 3.36. The van der Waals surface area contributed by atoms with E-state index in [0.29, 0.717) is 0 Å². The van der Waals surface area contributed by atoms with Gasteiger partial charge in [0.2, 0.25) is 0 Å². The second-order valence-corrected chi connectivity index (χ2v) is 5.36. The number of halogens is 2. The van der Waals surface area contributed by atoms with Crippen LogP contribution < -0.4 is 0 Å². The van der Waals surface area contributed by atoms with E-state index >= 15 is 0 Å². The molecule has 1 atom stereocenters. The maximum Gasteiger partial charge on any atom is 0.169 e. The van der Waals surface area contributed by atoms with Crippen molar-refractivity contribution in [3.63, 3.8) is 0 Å². The zero-order valence-corrected chi connectivity index (χ0v) is 12.3. The number of Topliss-reactive ketones (excluding diaryl/α,β-unsaturated/α-hetero) is 3. The Labute approximate surface area is 122 Å². The quantitative estimate of drug-likeness (QED) is 0.725. The van der Waals surface area contributed by atoms with Crippen molar-refractivity contribution in [2.75, 3.05) is 0 Å². The predicted molar refractivity (Wildman–Crippen MR) is 73.9 cm³/mol. The van der Waals surface area contributed by atoms with Gasteiger partial charge in [-0.1, -0.05) is 19.9 Å². The van der Waals surface area contributed by atoms with Crippen LogP contribution in [0, 0.1) is 23.5 Å². The number of hydrogen-bond acceptors (Lipinski definition) is 3. The maximum atomic E-state index is 13.5. The fraction of sp³-hybridized carbons (Fsp3) is 0.438. The fourth-order valence-corrected chi connectivity index (χ4v) is 1.93. The van der Waals surface area contributed by atoms with Gasteiger partial charge in [0, 0.05) is 24.7 Å². The molecule has 114 valence electrons. The minimum absolute atomic E-state index is 0.0885. The molecule has 0 heterocycles. The van der Waals surface area contributed by atoms with Crippen molar-refractivity contribution in [1.82, 2.24) is 0 Å². The average Bonchev–Trinajstić information content (AvgIpc) is 2.37. The van der Waals surface area contributed by atoms with Gasteiger partial charge in [0.05, 0.1) is 5.56 Å². The molecule has 1 rings (SSSR count). The average molecular weight is 296 g/mol. The van der Waals surface area contributed by atoms with Gasteiger partial charge in [-0.25, -0.2) is 8.78 Å². The second kappa shape index (κ2) is 7.20. The second-order valence-electron chi connectivity index (χ2n) is 5.36. The van der Waals surface area contributed by atoms with Gasteiger partial charge in [-0.05, 0) is 19.1 Å². The summed E-state index contributed by atoms with van der Waals surface area (Å²) in [6.45, 7) is 4.65. The SMILES string of the molecule is CC(=O)C(CC(=O)c1c(F)cccc1F)CC(=O)C(C)C. The van der Waals surface area contributed by atoms with Crippen LogP contribution in [0.3, 0.4) is 0 Å². The largest absolute Gasteiger partial charge is 0.300 e. The third-order valence-electron chi connectivity index (χ3n) is 3.34. The van der Waals surface area contributed by atoms with Gasteiger partial charge in [0.1, 0.15) is 23.2 Å². The molecular weight excluding hydrogens is 278 g/mol. The Hall–Kier alpha value is -1.91. The molecule has 3 nitrogen and oxygen atoms in total. The molecule has 0 bridgehead atoms. The van der Waals surface area contributed by atoms with Crippen molar-refractivity contribution >= 4 is 17.3 Å². The normalized spacial score (nSPS) is 12.3. The lowest BCUT2D eigenvalue weighted by Gasteiger charge is -2.14. The first-order valence-corrected chi connectivity index (χ1v) is 6.74. The first kappa shape index (κ1) is 17.1. The Balaban J connectivity index is 2.92. The van der Waals surface area contributed by atoms with Crippen molar-refractivity contribution in [3.8, 4) is 0 Å². The molecule has 1 unspecified atom stereocenters. The van der Waals surface area contributed by atoms with Crippen LogP contribution in [0.5, 0.6) is 0 Å². The number of rotatable bonds is 7. The maximum absolute atomic E-state index is 13.5. The third-order valence-corrected chi connectivity index (χ3v) is 3.34. The van der Waals surface area contributed by atoms with Crippen LogP contribution in [-0.4, -0.2) is 17.3 Å². The fourth-order valence-electron chi connectivity index (χ4n) is 1.93. The van der Waals surface area contributed by atoms with E-state index in [2.05, 4.69) is 0 Å². The molecule has 0 saturated carbocycles. The number of hydrogen-bond donors (Lipinski definition) is 0. The molecule has 0 N–H and O–H groups in total. The van der Waals surface area contributed by atoms with Crippen molar-refractivity contribution in [3.05, 3.63) is 35.4 Å². The Kier molecular flexibility index (Phi) is 5.88. The molecule has 0 radical (unpaired) electrons. The minimum atomic E-state index is -0.961. The molecule has 1 aromatic carbocycles. The lowest BCUT2D eigenvalue weighted by atomic mass is 9.88. The first-order valence-electron chi connectivity index (χ1n) is 6.74. The number of carbonyl (C=O) groups excluding carboxylic acids is 3. The summed E-state index contributed by atoms with van der Waals surface area (Å²) in [5, 5.41) is 0. The molecule has 0 aromatic heterocycles. The summed E-state index contributed by atoms with van der Waals surface area (Å²) >= 11 is 0. The van der Waals surface area contributed by atoms with E-state index in [1.54, 1.807) is 13.8 Å². The summed E-state index contributed by atoms with van der Waals surface area (Å²) in [5.41, 5.74) is -0.652.